The van der Waals surface area contributed by atoms with E-state index >= 15 is 0 Å². The Morgan fingerprint density at radius 1 is 1.04 bits per heavy atom. The number of aliphatic hydroxyl groups is 1. The number of hydrogen-bond acceptors (Lipinski definition) is 4. The Bertz CT molecular complexity index is 821. The molecule has 1 atom stereocenters. The molecule has 26 heavy (non-hydrogen) atoms. The van der Waals surface area contributed by atoms with Crippen LogP contribution < -0.4 is 10.1 Å². The van der Waals surface area contributed by atoms with Gasteiger partial charge in [0.05, 0.1) is 11.8 Å². The Kier molecular flexibility index (Phi) is 6.36. The molecule has 2 N–H and O–H groups in total. The lowest BCUT2D eigenvalue weighted by atomic mass is 10.1. The molecule has 0 amide bonds. The number of para-hydroxylation sites is 1. The topological polar surface area (TPSA) is 54.4 Å². The van der Waals surface area contributed by atoms with E-state index in [-0.39, 0.29) is 0 Å². The Hall–Kier alpha value is -2.69. The standard InChI is InChI=1S/C22H24N2O2/c1-17-7-6-9-18(13-17)21(25)15-23-14-19-8-2-3-11-22(19)26-16-20-10-4-5-12-24-20/h2-13,21,23,25H,14-16H2,1H3. The molecular weight excluding hydrogens is 324 g/mol. The zero-order valence-corrected chi connectivity index (χ0v) is 14.9. The summed E-state index contributed by atoms with van der Waals surface area (Å²) in [5, 5.41) is 13.7. The molecule has 4 nitrogen and oxygen atoms in total. The van der Waals surface area contributed by atoms with Crippen molar-refractivity contribution in [3.63, 3.8) is 0 Å². The molecule has 0 aliphatic carbocycles. The van der Waals surface area contributed by atoms with Gasteiger partial charge in [0, 0.05) is 24.8 Å². The zero-order chi connectivity index (χ0) is 18.2. The molecule has 1 unspecified atom stereocenters. The van der Waals surface area contributed by atoms with Gasteiger partial charge in [0.2, 0.25) is 0 Å². The molecule has 0 saturated carbocycles. The maximum Gasteiger partial charge on any atom is 0.130 e. The molecule has 3 rings (SSSR count). The second-order valence-corrected chi connectivity index (χ2v) is 6.28. The third-order valence-corrected chi connectivity index (χ3v) is 4.15. The highest BCUT2D eigenvalue weighted by atomic mass is 16.5. The minimum atomic E-state index is -0.531. The summed E-state index contributed by atoms with van der Waals surface area (Å²) in [6.45, 7) is 3.57. The van der Waals surface area contributed by atoms with E-state index in [4.69, 9.17) is 4.74 Å². The number of hydrogen-bond donors (Lipinski definition) is 2. The molecule has 0 bridgehead atoms. The van der Waals surface area contributed by atoms with Crippen LogP contribution in [0.25, 0.3) is 0 Å². The van der Waals surface area contributed by atoms with Crippen molar-refractivity contribution in [2.24, 2.45) is 0 Å². The molecule has 134 valence electrons. The van der Waals surface area contributed by atoms with Crippen LogP contribution in [-0.2, 0) is 13.2 Å². The average Bonchev–Trinajstić information content (AvgIpc) is 2.68. The predicted molar refractivity (Wildman–Crippen MR) is 103 cm³/mol. The Labute approximate surface area is 154 Å². The number of aromatic nitrogens is 1. The van der Waals surface area contributed by atoms with Crippen molar-refractivity contribution in [3.8, 4) is 5.75 Å². The quantitative estimate of drug-likeness (QED) is 0.650. The summed E-state index contributed by atoms with van der Waals surface area (Å²) >= 11 is 0. The molecule has 1 heterocycles. The minimum absolute atomic E-state index is 0.434. The van der Waals surface area contributed by atoms with Crippen molar-refractivity contribution in [2.45, 2.75) is 26.2 Å². The lowest BCUT2D eigenvalue weighted by Gasteiger charge is -2.15. The third-order valence-electron chi connectivity index (χ3n) is 4.15. The summed E-state index contributed by atoms with van der Waals surface area (Å²) in [4.78, 5) is 4.28. The van der Waals surface area contributed by atoms with Gasteiger partial charge in [-0.15, -0.1) is 0 Å². The normalized spacial score (nSPS) is 11.9. The van der Waals surface area contributed by atoms with Gasteiger partial charge in [0.15, 0.2) is 0 Å². The van der Waals surface area contributed by atoms with Crippen LogP contribution in [0, 0.1) is 6.92 Å². The maximum absolute atomic E-state index is 10.3. The van der Waals surface area contributed by atoms with Gasteiger partial charge in [0.25, 0.3) is 0 Å². The first-order valence-corrected chi connectivity index (χ1v) is 8.78. The molecule has 3 aromatic rings. The van der Waals surface area contributed by atoms with E-state index in [1.165, 1.54) is 0 Å². The van der Waals surface area contributed by atoms with Crippen molar-refractivity contribution >= 4 is 0 Å². The van der Waals surface area contributed by atoms with Crippen LogP contribution in [0.4, 0.5) is 0 Å². The predicted octanol–water partition coefficient (Wildman–Crippen LogP) is 3.79. The van der Waals surface area contributed by atoms with Crippen LogP contribution in [0.1, 0.15) is 28.5 Å². The van der Waals surface area contributed by atoms with Crippen molar-refractivity contribution in [3.05, 3.63) is 95.3 Å². The van der Waals surface area contributed by atoms with E-state index in [1.54, 1.807) is 6.20 Å². The highest BCUT2D eigenvalue weighted by molar-refractivity contribution is 5.33. The van der Waals surface area contributed by atoms with Crippen LogP contribution in [0.15, 0.2) is 72.9 Å². The Morgan fingerprint density at radius 3 is 2.69 bits per heavy atom. The number of aryl methyl sites for hydroxylation is 1. The Morgan fingerprint density at radius 2 is 1.88 bits per heavy atom. The number of aliphatic hydroxyl groups excluding tert-OH is 1. The van der Waals surface area contributed by atoms with Crippen LogP contribution in [-0.4, -0.2) is 16.6 Å². The monoisotopic (exact) mass is 348 g/mol. The molecule has 2 aromatic carbocycles. The molecule has 0 aliphatic rings. The summed E-state index contributed by atoms with van der Waals surface area (Å²) in [6, 6.07) is 21.7. The molecule has 0 saturated heterocycles. The van der Waals surface area contributed by atoms with Gasteiger partial charge in [0.1, 0.15) is 12.4 Å². The first-order chi connectivity index (χ1) is 12.7. The summed E-state index contributed by atoms with van der Waals surface area (Å²) in [5.41, 5.74) is 4.03. The van der Waals surface area contributed by atoms with Gasteiger partial charge in [-0.05, 0) is 30.7 Å². The van der Waals surface area contributed by atoms with Crippen LogP contribution in [0.2, 0.25) is 0 Å². The lowest BCUT2D eigenvalue weighted by Crippen LogP contribution is -2.21. The fraction of sp³-hybridized carbons (Fsp3) is 0.227. The van der Waals surface area contributed by atoms with Gasteiger partial charge in [-0.25, -0.2) is 0 Å². The summed E-state index contributed by atoms with van der Waals surface area (Å²) < 4.78 is 5.92. The van der Waals surface area contributed by atoms with Crippen molar-refractivity contribution in [1.82, 2.24) is 10.3 Å². The lowest BCUT2D eigenvalue weighted by molar-refractivity contribution is 0.174. The van der Waals surface area contributed by atoms with E-state index < -0.39 is 6.10 Å². The fourth-order valence-electron chi connectivity index (χ4n) is 2.76. The largest absolute Gasteiger partial charge is 0.487 e. The minimum Gasteiger partial charge on any atom is -0.487 e. The number of rotatable bonds is 8. The van der Waals surface area contributed by atoms with E-state index in [2.05, 4.69) is 10.3 Å². The van der Waals surface area contributed by atoms with Crippen LogP contribution in [0.3, 0.4) is 0 Å². The van der Waals surface area contributed by atoms with Gasteiger partial charge < -0.3 is 15.2 Å². The smallest absolute Gasteiger partial charge is 0.130 e. The molecule has 0 fully saturated rings. The molecular formula is C22H24N2O2. The number of nitrogens with zero attached hydrogens (tertiary/aromatic N) is 1. The first-order valence-electron chi connectivity index (χ1n) is 8.78. The van der Waals surface area contributed by atoms with E-state index in [9.17, 15) is 5.11 Å². The summed E-state index contributed by atoms with van der Waals surface area (Å²) in [6.07, 6.45) is 1.23. The van der Waals surface area contributed by atoms with Gasteiger partial charge in [-0.1, -0.05) is 54.1 Å². The molecule has 4 heteroatoms. The first kappa shape index (κ1) is 18.1. The number of benzene rings is 2. The fourth-order valence-corrected chi connectivity index (χ4v) is 2.76. The summed E-state index contributed by atoms with van der Waals surface area (Å²) in [7, 11) is 0. The highest BCUT2D eigenvalue weighted by Gasteiger charge is 2.08. The number of nitrogens with one attached hydrogen (secondary N) is 1. The SMILES string of the molecule is Cc1cccc(C(O)CNCc2ccccc2OCc2ccccn2)c1. The molecule has 0 aliphatic heterocycles. The maximum atomic E-state index is 10.3. The Balaban J connectivity index is 1.55. The highest BCUT2D eigenvalue weighted by Crippen LogP contribution is 2.19. The molecule has 1 aromatic heterocycles. The second-order valence-electron chi connectivity index (χ2n) is 6.28. The number of pyridine rings is 1. The van der Waals surface area contributed by atoms with Crippen LogP contribution in [0.5, 0.6) is 5.75 Å². The van der Waals surface area contributed by atoms with Crippen molar-refractivity contribution < 1.29 is 9.84 Å². The van der Waals surface area contributed by atoms with Gasteiger partial charge >= 0.3 is 0 Å². The van der Waals surface area contributed by atoms with Crippen molar-refractivity contribution in [1.29, 1.82) is 0 Å². The van der Waals surface area contributed by atoms with Crippen LogP contribution >= 0.6 is 0 Å². The van der Waals surface area contributed by atoms with Gasteiger partial charge in [-0.3, -0.25) is 4.98 Å². The molecule has 0 radical (unpaired) electrons. The van der Waals surface area contributed by atoms with E-state index in [1.807, 2.05) is 73.7 Å². The van der Waals surface area contributed by atoms with Gasteiger partial charge in [-0.2, -0.15) is 0 Å². The third kappa shape index (κ3) is 5.15. The second kappa shape index (κ2) is 9.13. The molecule has 0 spiro atoms. The summed E-state index contributed by atoms with van der Waals surface area (Å²) in [5.74, 6) is 0.829. The average molecular weight is 348 g/mol. The zero-order valence-electron chi connectivity index (χ0n) is 14.9. The number of ether oxygens (including phenoxy) is 1. The van der Waals surface area contributed by atoms with Crippen molar-refractivity contribution in [2.75, 3.05) is 6.54 Å². The van der Waals surface area contributed by atoms with E-state index in [0.29, 0.717) is 19.7 Å². The van der Waals surface area contributed by atoms with E-state index in [0.717, 1.165) is 28.1 Å².